The standard InChI is InChI=1S/C29H39Cl2IN7O2P/c1-17-22(23-19(13-33)21(36-42-32)10-20(30)24(23)31)25(38-9-8-34-14-29(38)6-5-7-29)35-39(17)18-11-28(12-18)15-37(16-28)26(40)41-27(2,3)4/h10,13,18,33-34,36,42H,5-9,11-12,14-16H2,1-4H3. The molecule has 2 aliphatic carbocycles. The number of nitrogens with one attached hydrogen (secondary N) is 3. The number of benzene rings is 1. The molecule has 4 aliphatic rings. The fourth-order valence-corrected chi connectivity index (χ4v) is 8.96. The number of hydrogen-bond donors (Lipinski definition) is 3. The number of rotatable bonds is 6. The Hall–Kier alpha value is -1.33. The molecule has 2 aliphatic heterocycles. The average Bonchev–Trinajstić information content (AvgIpc) is 3.18. The summed E-state index contributed by atoms with van der Waals surface area (Å²) in [5, 5.41) is 21.7. The summed E-state index contributed by atoms with van der Waals surface area (Å²) in [7, 11) is 0. The van der Waals surface area contributed by atoms with Gasteiger partial charge < -0.3 is 30.4 Å². The highest BCUT2D eigenvalue weighted by atomic mass is 127. The molecule has 2 spiro atoms. The van der Waals surface area contributed by atoms with Crippen molar-refractivity contribution in [1.29, 1.82) is 5.41 Å². The van der Waals surface area contributed by atoms with Crippen LogP contribution in [0.5, 0.6) is 0 Å². The SMILES string of the molecule is Cc1c(-c2c(Cl)c(Cl)cc(NPI)c2C=N)c(N2CCNCC23CCC3)nn1C1CC2(C1)CN(C(=O)OC(C)(C)C)C2. The van der Waals surface area contributed by atoms with Gasteiger partial charge in [0.15, 0.2) is 5.82 Å². The van der Waals surface area contributed by atoms with Crippen molar-refractivity contribution in [3.05, 3.63) is 27.4 Å². The van der Waals surface area contributed by atoms with Crippen molar-refractivity contribution >= 4 is 75.4 Å². The molecule has 6 rings (SSSR count). The number of nitrogens with zero attached hydrogens (tertiary/aromatic N) is 4. The van der Waals surface area contributed by atoms with E-state index in [-0.39, 0.29) is 23.1 Å². The fourth-order valence-electron chi connectivity index (χ4n) is 7.33. The predicted octanol–water partition coefficient (Wildman–Crippen LogP) is 7.42. The molecule has 1 aromatic heterocycles. The lowest BCUT2D eigenvalue weighted by atomic mass is 9.61. The summed E-state index contributed by atoms with van der Waals surface area (Å²) in [5.74, 6) is 0.939. The third-order valence-electron chi connectivity index (χ3n) is 9.43. The van der Waals surface area contributed by atoms with Crippen molar-refractivity contribution in [3.63, 3.8) is 0 Å². The molecular formula is C29H39Cl2IN7O2P. The second-order valence-corrected chi connectivity index (χ2v) is 16.2. The molecule has 9 nitrogen and oxygen atoms in total. The van der Waals surface area contributed by atoms with Crippen LogP contribution in [0.4, 0.5) is 16.3 Å². The summed E-state index contributed by atoms with van der Waals surface area (Å²) in [5.41, 5.74) is 3.99. The molecule has 4 fully saturated rings. The van der Waals surface area contributed by atoms with Crippen LogP contribution in [-0.2, 0) is 4.74 Å². The molecule has 0 radical (unpaired) electrons. The second kappa shape index (κ2) is 11.2. The molecule has 1 atom stereocenters. The number of amides is 1. The second-order valence-electron chi connectivity index (χ2n) is 13.4. The van der Waals surface area contributed by atoms with Gasteiger partial charge in [-0.05, 0) is 87.9 Å². The lowest BCUT2D eigenvalue weighted by Crippen LogP contribution is -2.65. The molecule has 2 saturated heterocycles. The summed E-state index contributed by atoms with van der Waals surface area (Å²) in [6.07, 6.45) is 6.96. The largest absolute Gasteiger partial charge is 0.444 e. The van der Waals surface area contributed by atoms with Gasteiger partial charge in [0.05, 0.1) is 21.6 Å². The van der Waals surface area contributed by atoms with Crippen LogP contribution in [0.1, 0.15) is 70.2 Å². The van der Waals surface area contributed by atoms with Crippen LogP contribution < -0.4 is 15.3 Å². The maximum absolute atomic E-state index is 12.6. The maximum atomic E-state index is 12.6. The van der Waals surface area contributed by atoms with Crippen LogP contribution in [0.25, 0.3) is 11.1 Å². The smallest absolute Gasteiger partial charge is 0.410 e. The van der Waals surface area contributed by atoms with Gasteiger partial charge in [-0.25, -0.2) is 4.79 Å². The van der Waals surface area contributed by atoms with Crippen molar-refractivity contribution in [2.45, 2.75) is 77.0 Å². The Kier molecular flexibility index (Phi) is 8.21. The molecular weight excluding hydrogens is 707 g/mol. The highest BCUT2D eigenvalue weighted by Crippen LogP contribution is 2.56. The van der Waals surface area contributed by atoms with E-state index in [9.17, 15) is 4.79 Å². The lowest BCUT2D eigenvalue weighted by molar-refractivity contribution is -0.0930. The maximum Gasteiger partial charge on any atom is 0.410 e. The van der Waals surface area contributed by atoms with E-state index in [4.69, 9.17) is 38.4 Å². The van der Waals surface area contributed by atoms with Crippen LogP contribution in [0.3, 0.4) is 0 Å². The third kappa shape index (κ3) is 5.21. The van der Waals surface area contributed by atoms with Gasteiger partial charge in [0.2, 0.25) is 0 Å². The minimum Gasteiger partial charge on any atom is -0.444 e. The van der Waals surface area contributed by atoms with Gasteiger partial charge in [0.1, 0.15) is 5.60 Å². The summed E-state index contributed by atoms with van der Waals surface area (Å²) >= 11 is 16.0. The van der Waals surface area contributed by atoms with E-state index in [0.717, 1.165) is 92.3 Å². The third-order valence-corrected chi connectivity index (χ3v) is 11.4. The van der Waals surface area contributed by atoms with Gasteiger partial charge in [-0.2, -0.15) is 5.10 Å². The first-order valence-corrected chi connectivity index (χ1v) is 19.5. The molecule has 1 amide bonds. The van der Waals surface area contributed by atoms with E-state index >= 15 is 0 Å². The Morgan fingerprint density at radius 2 is 2.00 bits per heavy atom. The normalized spacial score (nSPS) is 21.4. The monoisotopic (exact) mass is 745 g/mol. The highest BCUT2D eigenvalue weighted by Gasteiger charge is 2.56. The van der Waals surface area contributed by atoms with Crippen LogP contribution in [-0.4, -0.2) is 70.9 Å². The van der Waals surface area contributed by atoms with Gasteiger partial charge in [-0.3, -0.25) is 4.68 Å². The first kappa shape index (κ1) is 30.7. The van der Waals surface area contributed by atoms with Gasteiger partial charge in [0.25, 0.3) is 0 Å². The Bertz CT molecular complexity index is 1410. The number of piperazine rings is 1. The van der Waals surface area contributed by atoms with E-state index in [0.29, 0.717) is 16.4 Å². The molecule has 228 valence electrons. The van der Waals surface area contributed by atoms with Crippen molar-refractivity contribution in [2.75, 3.05) is 42.7 Å². The Labute approximate surface area is 272 Å². The number of carbonyl (C=O) groups is 1. The van der Waals surface area contributed by atoms with Crippen molar-refractivity contribution in [2.24, 2.45) is 5.41 Å². The number of halogens is 3. The van der Waals surface area contributed by atoms with E-state index < -0.39 is 5.60 Å². The summed E-state index contributed by atoms with van der Waals surface area (Å²) < 4.78 is 7.78. The zero-order chi connectivity index (χ0) is 30.0. The van der Waals surface area contributed by atoms with Crippen molar-refractivity contribution in [1.82, 2.24) is 20.0 Å². The number of likely N-dealkylation sites (tertiary alicyclic amines) is 1. The minimum absolute atomic E-state index is 0.0436. The van der Waals surface area contributed by atoms with E-state index in [1.165, 1.54) is 12.6 Å². The van der Waals surface area contributed by atoms with E-state index in [2.05, 4.69) is 49.0 Å². The summed E-state index contributed by atoms with van der Waals surface area (Å²) in [6.45, 7) is 12.0. The zero-order valence-electron chi connectivity index (χ0n) is 24.5. The summed E-state index contributed by atoms with van der Waals surface area (Å²) in [6, 6.07) is 2.05. The predicted molar refractivity (Wildman–Crippen MR) is 182 cm³/mol. The number of ether oxygens (including phenoxy) is 1. The van der Waals surface area contributed by atoms with Crippen LogP contribution >= 0.6 is 51.6 Å². The first-order chi connectivity index (χ1) is 19.9. The van der Waals surface area contributed by atoms with Gasteiger partial charge in [-0.15, -0.1) is 0 Å². The molecule has 42 heavy (non-hydrogen) atoms. The van der Waals surface area contributed by atoms with Gasteiger partial charge in [0, 0.05) is 78.8 Å². The average molecular weight is 746 g/mol. The molecule has 1 unspecified atom stereocenters. The molecule has 0 bridgehead atoms. The van der Waals surface area contributed by atoms with Crippen molar-refractivity contribution < 1.29 is 9.53 Å². The molecule has 3 N–H and O–H groups in total. The molecule has 1 aromatic carbocycles. The van der Waals surface area contributed by atoms with E-state index in [1.54, 1.807) is 0 Å². The van der Waals surface area contributed by atoms with Gasteiger partial charge in [-0.1, -0.05) is 23.2 Å². The fraction of sp³-hybridized carbons (Fsp3) is 0.621. The van der Waals surface area contributed by atoms with Crippen molar-refractivity contribution in [3.8, 4) is 11.1 Å². The molecule has 2 aromatic rings. The molecule has 13 heteroatoms. The summed E-state index contributed by atoms with van der Waals surface area (Å²) in [4.78, 5) is 16.9. The van der Waals surface area contributed by atoms with Crippen LogP contribution in [0, 0.1) is 17.7 Å². The number of carbonyl (C=O) groups excluding carboxylic acids is 1. The first-order valence-electron chi connectivity index (χ1n) is 14.6. The van der Waals surface area contributed by atoms with Gasteiger partial charge >= 0.3 is 6.09 Å². The number of hydrogen-bond acceptors (Lipinski definition) is 7. The Morgan fingerprint density at radius 3 is 2.60 bits per heavy atom. The topological polar surface area (TPSA) is 98.5 Å². The lowest BCUT2D eigenvalue weighted by Gasteiger charge is -2.58. The Morgan fingerprint density at radius 1 is 1.29 bits per heavy atom. The minimum atomic E-state index is -0.494. The zero-order valence-corrected chi connectivity index (χ0v) is 29.2. The number of anilines is 2. The van der Waals surface area contributed by atoms with Crippen LogP contribution in [0.15, 0.2) is 6.07 Å². The Balaban J connectivity index is 1.37. The van der Waals surface area contributed by atoms with E-state index in [1.807, 2.05) is 31.7 Å². The quantitative estimate of drug-likeness (QED) is 0.162. The highest BCUT2D eigenvalue weighted by molar-refractivity contribution is 14.2. The molecule has 2 saturated carbocycles. The number of aromatic nitrogens is 2. The molecule has 3 heterocycles. The van der Waals surface area contributed by atoms with Crippen LogP contribution in [0.2, 0.25) is 10.0 Å².